The second kappa shape index (κ2) is 8.83. The highest BCUT2D eigenvalue weighted by atomic mass is 32.1. The van der Waals surface area contributed by atoms with Gasteiger partial charge in [0.2, 0.25) is 5.43 Å². The Bertz CT molecular complexity index is 1430. The summed E-state index contributed by atoms with van der Waals surface area (Å²) in [5, 5.41) is 1.17. The van der Waals surface area contributed by atoms with Crippen molar-refractivity contribution >= 4 is 38.5 Å². The molecule has 0 spiro atoms. The maximum absolute atomic E-state index is 13.3. The van der Waals surface area contributed by atoms with Crippen molar-refractivity contribution in [2.75, 3.05) is 13.1 Å². The monoisotopic (exact) mass is 476 g/mol. The number of amides is 1. The van der Waals surface area contributed by atoms with Crippen LogP contribution < -0.4 is 10.2 Å². The third kappa shape index (κ3) is 3.96. The van der Waals surface area contributed by atoms with Crippen LogP contribution in [0, 0.1) is 20.8 Å². The van der Waals surface area contributed by atoms with Gasteiger partial charge >= 0.3 is 0 Å². The molecule has 4 heterocycles. The van der Waals surface area contributed by atoms with Crippen molar-refractivity contribution in [3.8, 4) is 5.19 Å². The molecule has 1 amide bonds. The number of benzene rings is 1. The quantitative estimate of drug-likeness (QED) is 0.429. The Balaban J connectivity index is 1.32. The maximum atomic E-state index is 13.3. The standard InChI is InChI=1S/C26H28N4O3S/c1-5-29-14-20(22(31)19-9-8-17(4)27-24(19)29)25(32)30-12-10-18(11-13-30)33-26-28-21-15(2)6-7-16(3)23(21)34-26/h6-9,14,18H,5,10-13H2,1-4H3. The van der Waals surface area contributed by atoms with Crippen LogP contribution in [-0.4, -0.2) is 44.5 Å². The van der Waals surface area contributed by atoms with E-state index in [1.54, 1.807) is 28.5 Å². The zero-order valence-corrected chi connectivity index (χ0v) is 20.7. The number of pyridine rings is 2. The number of carbonyl (C=O) groups is 1. The van der Waals surface area contributed by atoms with E-state index in [-0.39, 0.29) is 23.0 Å². The maximum Gasteiger partial charge on any atom is 0.274 e. The van der Waals surface area contributed by atoms with Gasteiger partial charge in [0.05, 0.1) is 15.6 Å². The van der Waals surface area contributed by atoms with Crippen molar-refractivity contribution < 1.29 is 9.53 Å². The number of fused-ring (bicyclic) bond motifs is 2. The van der Waals surface area contributed by atoms with E-state index in [4.69, 9.17) is 9.72 Å². The average molecular weight is 477 g/mol. The number of aryl methyl sites for hydroxylation is 4. The molecule has 8 heteroatoms. The fourth-order valence-corrected chi connectivity index (χ4v) is 5.56. The van der Waals surface area contributed by atoms with E-state index in [9.17, 15) is 9.59 Å². The van der Waals surface area contributed by atoms with Crippen LogP contribution in [0.1, 0.15) is 46.9 Å². The zero-order valence-electron chi connectivity index (χ0n) is 19.9. The molecule has 1 aliphatic rings. The molecule has 0 atom stereocenters. The van der Waals surface area contributed by atoms with E-state index in [2.05, 4.69) is 31.0 Å². The summed E-state index contributed by atoms with van der Waals surface area (Å²) in [5.74, 6) is -0.223. The minimum Gasteiger partial charge on any atom is -0.467 e. The van der Waals surface area contributed by atoms with Gasteiger partial charge in [0.15, 0.2) is 0 Å². The van der Waals surface area contributed by atoms with Gasteiger partial charge in [0.25, 0.3) is 11.1 Å². The molecular formula is C26H28N4O3S. The lowest BCUT2D eigenvalue weighted by Crippen LogP contribution is -2.43. The number of carbonyl (C=O) groups excluding carboxylic acids is 1. The SMILES string of the molecule is CCn1cc(C(=O)N2CCC(Oc3nc4c(C)ccc(C)c4s3)CC2)c(=O)c2ccc(C)nc21. The van der Waals surface area contributed by atoms with E-state index in [1.807, 2.05) is 24.5 Å². The Hall–Kier alpha value is -3.26. The van der Waals surface area contributed by atoms with Gasteiger partial charge in [0.1, 0.15) is 17.3 Å². The molecule has 1 aliphatic heterocycles. The van der Waals surface area contributed by atoms with Gasteiger partial charge < -0.3 is 14.2 Å². The van der Waals surface area contributed by atoms with E-state index >= 15 is 0 Å². The highest BCUT2D eigenvalue weighted by Gasteiger charge is 2.28. The second-order valence-corrected chi connectivity index (χ2v) is 9.91. The fourth-order valence-electron chi connectivity index (χ4n) is 4.53. The number of hydrogen-bond donors (Lipinski definition) is 0. The lowest BCUT2D eigenvalue weighted by atomic mass is 10.1. The van der Waals surface area contributed by atoms with E-state index in [1.165, 1.54) is 5.56 Å². The van der Waals surface area contributed by atoms with Crippen LogP contribution in [0.3, 0.4) is 0 Å². The molecule has 0 saturated carbocycles. The number of likely N-dealkylation sites (tertiary alicyclic amines) is 1. The van der Waals surface area contributed by atoms with Gasteiger partial charge in [-0.3, -0.25) is 9.59 Å². The Kier molecular flexibility index (Phi) is 5.85. The van der Waals surface area contributed by atoms with Crippen LogP contribution in [0.2, 0.25) is 0 Å². The summed E-state index contributed by atoms with van der Waals surface area (Å²) < 4.78 is 9.25. The van der Waals surface area contributed by atoms with Gasteiger partial charge in [0, 0.05) is 44.4 Å². The van der Waals surface area contributed by atoms with Crippen molar-refractivity contribution in [2.24, 2.45) is 0 Å². The van der Waals surface area contributed by atoms with Crippen LogP contribution in [0.15, 0.2) is 35.3 Å². The predicted octanol–water partition coefficient (Wildman–Crippen LogP) is 4.63. The topological polar surface area (TPSA) is 77.3 Å². The number of nitrogens with zero attached hydrogens (tertiary/aromatic N) is 4. The number of hydrogen-bond acceptors (Lipinski definition) is 6. The highest BCUT2D eigenvalue weighted by Crippen LogP contribution is 2.33. The van der Waals surface area contributed by atoms with Crippen LogP contribution in [0.4, 0.5) is 0 Å². The largest absolute Gasteiger partial charge is 0.467 e. The number of thiazole rings is 1. The summed E-state index contributed by atoms with van der Waals surface area (Å²) in [4.78, 5) is 37.4. The lowest BCUT2D eigenvalue weighted by Gasteiger charge is -2.31. The first kappa shape index (κ1) is 22.5. The third-order valence-electron chi connectivity index (χ3n) is 6.55. The summed E-state index contributed by atoms with van der Waals surface area (Å²) in [7, 11) is 0. The molecule has 0 bridgehead atoms. The molecule has 1 aromatic carbocycles. The minimum atomic E-state index is -0.254. The molecule has 176 valence electrons. The molecule has 34 heavy (non-hydrogen) atoms. The number of rotatable bonds is 4. The average Bonchev–Trinajstić information content (AvgIpc) is 3.27. The number of piperidine rings is 1. The molecular weight excluding hydrogens is 448 g/mol. The molecule has 4 aromatic rings. The summed E-state index contributed by atoms with van der Waals surface area (Å²) in [6.45, 7) is 9.74. The number of aromatic nitrogens is 3. The Labute approximate surface area is 202 Å². The van der Waals surface area contributed by atoms with Crippen molar-refractivity contribution in [3.63, 3.8) is 0 Å². The van der Waals surface area contributed by atoms with Gasteiger partial charge in [-0.25, -0.2) is 9.97 Å². The van der Waals surface area contributed by atoms with Gasteiger partial charge in [-0.2, -0.15) is 0 Å². The second-order valence-electron chi connectivity index (χ2n) is 8.95. The van der Waals surface area contributed by atoms with Crippen molar-refractivity contribution in [3.05, 3.63) is 63.1 Å². The molecule has 5 rings (SSSR count). The highest BCUT2D eigenvalue weighted by molar-refractivity contribution is 7.20. The molecule has 1 saturated heterocycles. The summed E-state index contributed by atoms with van der Waals surface area (Å²) >= 11 is 1.58. The third-order valence-corrected chi connectivity index (χ3v) is 7.63. The van der Waals surface area contributed by atoms with E-state index < -0.39 is 0 Å². The van der Waals surface area contributed by atoms with Gasteiger partial charge in [-0.1, -0.05) is 23.5 Å². The Morgan fingerprint density at radius 2 is 1.82 bits per heavy atom. The Morgan fingerprint density at radius 3 is 2.53 bits per heavy atom. The first-order valence-electron chi connectivity index (χ1n) is 11.7. The molecule has 0 radical (unpaired) electrons. The van der Waals surface area contributed by atoms with Crippen LogP contribution in [0.25, 0.3) is 21.3 Å². The van der Waals surface area contributed by atoms with Crippen molar-refractivity contribution in [1.29, 1.82) is 0 Å². The van der Waals surface area contributed by atoms with Crippen molar-refractivity contribution in [1.82, 2.24) is 19.4 Å². The molecule has 0 aliphatic carbocycles. The molecule has 7 nitrogen and oxygen atoms in total. The first-order chi connectivity index (χ1) is 16.4. The minimum absolute atomic E-state index is 0.00121. The smallest absolute Gasteiger partial charge is 0.274 e. The Morgan fingerprint density at radius 1 is 1.09 bits per heavy atom. The normalized spacial score (nSPS) is 14.8. The van der Waals surface area contributed by atoms with Gasteiger partial charge in [-0.05, 0) is 51.0 Å². The lowest BCUT2D eigenvalue weighted by molar-refractivity contribution is 0.0594. The van der Waals surface area contributed by atoms with Crippen LogP contribution >= 0.6 is 11.3 Å². The molecule has 3 aromatic heterocycles. The molecule has 1 fully saturated rings. The van der Waals surface area contributed by atoms with Crippen LogP contribution in [0.5, 0.6) is 5.19 Å². The zero-order chi connectivity index (χ0) is 24.0. The number of ether oxygens (including phenoxy) is 1. The summed E-state index contributed by atoms with van der Waals surface area (Å²) in [6, 6.07) is 7.78. The summed E-state index contributed by atoms with van der Waals surface area (Å²) in [5.41, 5.74) is 4.76. The fraction of sp³-hybridized carbons (Fsp3) is 0.385. The van der Waals surface area contributed by atoms with Gasteiger partial charge in [-0.15, -0.1) is 0 Å². The van der Waals surface area contributed by atoms with Crippen molar-refractivity contribution in [2.45, 2.75) is 53.2 Å². The van der Waals surface area contributed by atoms with E-state index in [0.717, 1.165) is 21.5 Å². The molecule has 0 N–H and O–H groups in total. The molecule has 0 unspecified atom stereocenters. The van der Waals surface area contributed by atoms with Crippen LogP contribution in [-0.2, 0) is 6.54 Å². The summed E-state index contributed by atoms with van der Waals surface area (Å²) in [6.07, 6.45) is 3.07. The predicted molar refractivity (Wildman–Crippen MR) is 135 cm³/mol. The van der Waals surface area contributed by atoms with E-state index in [0.29, 0.717) is 48.7 Å². The first-order valence-corrected chi connectivity index (χ1v) is 12.5.